The predicted octanol–water partition coefficient (Wildman–Crippen LogP) is 5.18. The normalized spacial score (nSPS) is 13.0. The van der Waals surface area contributed by atoms with Crippen molar-refractivity contribution in [2.75, 3.05) is 0 Å². The Morgan fingerprint density at radius 1 is 0.969 bits per heavy atom. The van der Waals surface area contributed by atoms with E-state index >= 15 is 0 Å². The zero-order valence-electron chi connectivity index (χ0n) is 17.1. The highest BCUT2D eigenvalue weighted by atomic mass is 79.9. The molecule has 8 heteroatoms. The summed E-state index contributed by atoms with van der Waals surface area (Å²) in [5.74, 6) is -0.120. The number of fused-ring (bicyclic) bond motifs is 2. The molecule has 2 aromatic heterocycles. The van der Waals surface area contributed by atoms with E-state index in [9.17, 15) is 8.42 Å². The van der Waals surface area contributed by atoms with Gasteiger partial charge in [-0.3, -0.25) is 0 Å². The van der Waals surface area contributed by atoms with Crippen molar-refractivity contribution in [2.24, 2.45) is 12.2 Å². The number of aromatic nitrogens is 2. The van der Waals surface area contributed by atoms with Crippen LogP contribution in [-0.2, 0) is 17.4 Å². The Hall–Kier alpha value is -3.07. The highest BCUT2D eigenvalue weighted by Crippen LogP contribution is 2.44. The van der Waals surface area contributed by atoms with E-state index in [0.717, 1.165) is 37.4 Å². The van der Waals surface area contributed by atoms with Gasteiger partial charge >= 0.3 is 10.3 Å². The van der Waals surface area contributed by atoms with Crippen LogP contribution in [0.5, 0.6) is 5.75 Å². The molecule has 6 nitrogen and oxygen atoms in total. The molecule has 5 rings (SSSR count). The molecule has 162 valence electrons. The number of hydrogen-bond donors (Lipinski definition) is 2. The van der Waals surface area contributed by atoms with E-state index in [1.807, 2.05) is 49.6 Å². The van der Waals surface area contributed by atoms with Gasteiger partial charge in [0, 0.05) is 57.2 Å². The van der Waals surface area contributed by atoms with Crippen molar-refractivity contribution in [3.63, 3.8) is 0 Å². The average Bonchev–Trinajstić information content (AvgIpc) is 3.32. The lowest BCUT2D eigenvalue weighted by molar-refractivity contribution is 0.484. The van der Waals surface area contributed by atoms with Gasteiger partial charge in [-0.15, -0.1) is 0 Å². The third kappa shape index (κ3) is 3.70. The predicted molar refractivity (Wildman–Crippen MR) is 130 cm³/mol. The number of halogens is 1. The minimum Gasteiger partial charge on any atom is -0.371 e. The van der Waals surface area contributed by atoms with Crippen molar-refractivity contribution in [1.82, 2.24) is 9.55 Å². The summed E-state index contributed by atoms with van der Waals surface area (Å²) in [6, 6.07) is 21.4. The molecule has 0 spiro atoms. The first kappa shape index (κ1) is 20.8. The van der Waals surface area contributed by atoms with E-state index < -0.39 is 10.3 Å². The van der Waals surface area contributed by atoms with Gasteiger partial charge in [-0.2, -0.15) is 13.6 Å². The SMILES string of the molecule is Cn1cc(C(c2cc(Br)ccc2OS(N)(=O)=O)c2c[nH]c3ccccc23)c2ccccc21. The standard InChI is InChI=1S/C24H20BrN3O3S/c1-28-14-20(17-7-3-5-9-22(17)28)24(19-13-27-21-8-4-2-6-16(19)21)18-12-15(25)10-11-23(18)31-32(26,29)30/h2-14,24,27H,1H3,(H2,26,29,30). The fourth-order valence-electron chi connectivity index (χ4n) is 4.38. The van der Waals surface area contributed by atoms with Crippen LogP contribution in [0.2, 0.25) is 0 Å². The minimum atomic E-state index is -4.21. The van der Waals surface area contributed by atoms with Gasteiger partial charge in [-0.05, 0) is 41.5 Å². The number of rotatable bonds is 5. The van der Waals surface area contributed by atoms with Crippen molar-refractivity contribution < 1.29 is 12.6 Å². The molecule has 0 aliphatic rings. The first-order chi connectivity index (χ1) is 15.3. The third-order valence-electron chi connectivity index (χ3n) is 5.66. The number of nitrogens with one attached hydrogen (secondary N) is 1. The summed E-state index contributed by atoms with van der Waals surface area (Å²) in [5.41, 5.74) is 4.81. The van der Waals surface area contributed by atoms with E-state index in [1.54, 1.807) is 12.1 Å². The van der Waals surface area contributed by atoms with Crippen molar-refractivity contribution >= 4 is 48.0 Å². The molecule has 0 aliphatic carbocycles. The van der Waals surface area contributed by atoms with Gasteiger partial charge in [-0.1, -0.05) is 52.3 Å². The first-order valence-corrected chi connectivity index (χ1v) is 12.2. The second-order valence-electron chi connectivity index (χ2n) is 7.69. The Kier molecular flexibility index (Phi) is 5.08. The average molecular weight is 510 g/mol. The molecule has 0 bridgehead atoms. The second-order valence-corrected chi connectivity index (χ2v) is 9.76. The number of benzene rings is 3. The van der Waals surface area contributed by atoms with Gasteiger partial charge in [0.1, 0.15) is 5.75 Å². The van der Waals surface area contributed by atoms with Gasteiger partial charge < -0.3 is 13.7 Å². The number of aryl methyl sites for hydroxylation is 1. The summed E-state index contributed by atoms with van der Waals surface area (Å²) in [5, 5.41) is 7.37. The van der Waals surface area contributed by atoms with Crippen LogP contribution in [0, 0.1) is 0 Å². The number of para-hydroxylation sites is 2. The van der Waals surface area contributed by atoms with Crippen LogP contribution < -0.4 is 9.32 Å². The molecule has 1 unspecified atom stereocenters. The van der Waals surface area contributed by atoms with E-state index in [4.69, 9.17) is 9.32 Å². The zero-order valence-corrected chi connectivity index (χ0v) is 19.5. The summed E-state index contributed by atoms with van der Waals surface area (Å²) in [4.78, 5) is 3.34. The number of nitrogens with two attached hydrogens (primary N) is 1. The van der Waals surface area contributed by atoms with Crippen molar-refractivity contribution in [3.05, 3.63) is 100 Å². The largest absolute Gasteiger partial charge is 0.380 e. The minimum absolute atomic E-state index is 0.193. The molecule has 5 aromatic rings. The molecular formula is C24H20BrN3O3S. The van der Waals surface area contributed by atoms with Crippen LogP contribution in [0.1, 0.15) is 22.6 Å². The fourth-order valence-corrected chi connectivity index (χ4v) is 5.17. The fraction of sp³-hybridized carbons (Fsp3) is 0.0833. The molecule has 2 heterocycles. The number of aromatic amines is 1. The van der Waals surface area contributed by atoms with Gasteiger partial charge in [0.2, 0.25) is 0 Å². The zero-order chi connectivity index (χ0) is 22.5. The van der Waals surface area contributed by atoms with Gasteiger partial charge in [0.05, 0.1) is 0 Å². The van der Waals surface area contributed by atoms with Crippen LogP contribution in [0.4, 0.5) is 0 Å². The highest BCUT2D eigenvalue weighted by molar-refractivity contribution is 9.10. The molecule has 1 atom stereocenters. The molecule has 32 heavy (non-hydrogen) atoms. The van der Waals surface area contributed by atoms with E-state index in [1.165, 1.54) is 0 Å². The van der Waals surface area contributed by atoms with Crippen molar-refractivity contribution in [3.8, 4) is 5.75 Å². The first-order valence-electron chi connectivity index (χ1n) is 9.93. The number of hydrogen-bond acceptors (Lipinski definition) is 3. The Labute approximate surface area is 194 Å². The summed E-state index contributed by atoms with van der Waals surface area (Å²) in [7, 11) is -2.20. The third-order valence-corrected chi connectivity index (χ3v) is 6.56. The Balaban J connectivity index is 1.86. The smallest absolute Gasteiger partial charge is 0.371 e. The lowest BCUT2D eigenvalue weighted by Crippen LogP contribution is -2.20. The molecule has 3 N–H and O–H groups in total. The quantitative estimate of drug-likeness (QED) is 0.341. The maximum atomic E-state index is 11.8. The van der Waals surface area contributed by atoms with Crippen LogP contribution in [0.3, 0.4) is 0 Å². The van der Waals surface area contributed by atoms with Gasteiger partial charge in [0.15, 0.2) is 0 Å². The maximum Gasteiger partial charge on any atom is 0.380 e. The topological polar surface area (TPSA) is 90.1 Å². The lowest BCUT2D eigenvalue weighted by atomic mass is 9.84. The maximum absolute atomic E-state index is 11.8. The number of H-pyrrole nitrogens is 1. The monoisotopic (exact) mass is 509 g/mol. The van der Waals surface area contributed by atoms with Crippen LogP contribution in [0.15, 0.2) is 83.6 Å². The van der Waals surface area contributed by atoms with E-state index in [0.29, 0.717) is 5.56 Å². The summed E-state index contributed by atoms with van der Waals surface area (Å²) in [6.45, 7) is 0. The molecule has 0 radical (unpaired) electrons. The molecule has 0 fully saturated rings. The van der Waals surface area contributed by atoms with Gasteiger partial charge in [-0.25, -0.2) is 0 Å². The molecule has 0 amide bonds. The molecular weight excluding hydrogens is 490 g/mol. The van der Waals surface area contributed by atoms with Crippen LogP contribution in [-0.4, -0.2) is 18.0 Å². The summed E-state index contributed by atoms with van der Waals surface area (Å²) >= 11 is 3.54. The van der Waals surface area contributed by atoms with Crippen molar-refractivity contribution in [2.45, 2.75) is 5.92 Å². The Bertz CT molecular complexity index is 1570. The summed E-state index contributed by atoms with van der Waals surface area (Å²) in [6.07, 6.45) is 4.05. The van der Waals surface area contributed by atoms with Crippen LogP contribution >= 0.6 is 15.9 Å². The highest BCUT2D eigenvalue weighted by Gasteiger charge is 2.28. The lowest BCUT2D eigenvalue weighted by Gasteiger charge is -2.20. The second kappa shape index (κ2) is 7.81. The molecule has 0 saturated carbocycles. The van der Waals surface area contributed by atoms with E-state index in [-0.39, 0.29) is 11.7 Å². The Morgan fingerprint density at radius 3 is 2.47 bits per heavy atom. The van der Waals surface area contributed by atoms with Crippen LogP contribution in [0.25, 0.3) is 21.8 Å². The summed E-state index contributed by atoms with van der Waals surface area (Å²) < 4.78 is 31.8. The van der Waals surface area contributed by atoms with Gasteiger partial charge in [0.25, 0.3) is 0 Å². The Morgan fingerprint density at radius 2 is 1.69 bits per heavy atom. The number of nitrogens with zero attached hydrogens (tertiary/aromatic N) is 1. The van der Waals surface area contributed by atoms with Crippen molar-refractivity contribution in [1.29, 1.82) is 0 Å². The molecule has 0 saturated heterocycles. The molecule has 3 aromatic carbocycles. The molecule has 0 aliphatic heterocycles. The van der Waals surface area contributed by atoms with E-state index in [2.05, 4.69) is 49.9 Å².